The zero-order chi connectivity index (χ0) is 11.5. The number of hydrogen-bond acceptors (Lipinski definition) is 4. The Hall–Kier alpha value is -2.01. The van der Waals surface area contributed by atoms with Crippen molar-refractivity contribution in [1.82, 2.24) is 4.98 Å². The fourth-order valence-electron chi connectivity index (χ4n) is 1.25. The van der Waals surface area contributed by atoms with Crippen molar-refractivity contribution in [3.05, 3.63) is 40.9 Å². The van der Waals surface area contributed by atoms with Gasteiger partial charge < -0.3 is 5.73 Å². The van der Waals surface area contributed by atoms with E-state index in [4.69, 9.17) is 5.73 Å². The summed E-state index contributed by atoms with van der Waals surface area (Å²) in [5, 5.41) is 0.748. The van der Waals surface area contributed by atoms with Gasteiger partial charge in [0, 0.05) is 17.3 Å². The van der Waals surface area contributed by atoms with Crippen molar-refractivity contribution in [1.29, 1.82) is 0 Å². The first-order valence-corrected chi connectivity index (χ1v) is 5.33. The fraction of sp³-hybridized carbons (Fsp3) is 0. The molecule has 0 spiro atoms. The zero-order valence-corrected chi connectivity index (χ0v) is 9.03. The van der Waals surface area contributed by atoms with Gasteiger partial charge in [-0.3, -0.25) is 9.59 Å². The Labute approximate surface area is 95.7 Å². The number of amides is 1. The standard InChI is InChI=1S/C11H8N2O2S/c12-10(15)7-1-3-8(4-2-7)11-13-5-9(6-14)16-11/h1-6H,(H2,12,15). The molecule has 5 heteroatoms. The van der Waals surface area contributed by atoms with Crippen LogP contribution in [0.2, 0.25) is 0 Å². The predicted molar refractivity (Wildman–Crippen MR) is 61.5 cm³/mol. The average molecular weight is 232 g/mol. The third kappa shape index (κ3) is 1.99. The van der Waals surface area contributed by atoms with Gasteiger partial charge in [0.15, 0.2) is 6.29 Å². The van der Waals surface area contributed by atoms with E-state index in [1.54, 1.807) is 24.3 Å². The molecule has 1 aromatic heterocycles. The third-order valence-corrected chi connectivity index (χ3v) is 3.03. The second-order valence-electron chi connectivity index (χ2n) is 3.13. The van der Waals surface area contributed by atoms with Crippen LogP contribution in [0.15, 0.2) is 30.5 Å². The summed E-state index contributed by atoms with van der Waals surface area (Å²) in [5.74, 6) is -0.459. The van der Waals surface area contributed by atoms with Gasteiger partial charge in [0.1, 0.15) is 5.01 Å². The smallest absolute Gasteiger partial charge is 0.248 e. The number of benzene rings is 1. The van der Waals surface area contributed by atoms with Crippen LogP contribution in [-0.4, -0.2) is 17.2 Å². The van der Waals surface area contributed by atoms with Gasteiger partial charge in [-0.15, -0.1) is 11.3 Å². The minimum absolute atomic E-state index is 0.455. The number of thiazole rings is 1. The van der Waals surface area contributed by atoms with Gasteiger partial charge in [-0.05, 0) is 12.1 Å². The SMILES string of the molecule is NC(=O)c1ccc(-c2ncc(C=O)s2)cc1. The molecule has 1 heterocycles. The lowest BCUT2D eigenvalue weighted by Gasteiger charge is -1.97. The lowest BCUT2D eigenvalue weighted by molar-refractivity contribution is 0.1000. The third-order valence-electron chi connectivity index (χ3n) is 2.06. The molecule has 0 aliphatic heterocycles. The first-order valence-electron chi connectivity index (χ1n) is 4.52. The van der Waals surface area contributed by atoms with Gasteiger partial charge in [0.25, 0.3) is 0 Å². The molecule has 4 nitrogen and oxygen atoms in total. The van der Waals surface area contributed by atoms with Gasteiger partial charge >= 0.3 is 0 Å². The number of rotatable bonds is 3. The molecule has 0 aliphatic carbocycles. The van der Waals surface area contributed by atoms with Crippen LogP contribution in [0.3, 0.4) is 0 Å². The highest BCUT2D eigenvalue weighted by molar-refractivity contribution is 7.16. The molecule has 0 saturated heterocycles. The van der Waals surface area contributed by atoms with Crippen LogP contribution in [-0.2, 0) is 0 Å². The molecular weight excluding hydrogens is 224 g/mol. The Balaban J connectivity index is 2.34. The van der Waals surface area contributed by atoms with E-state index in [-0.39, 0.29) is 0 Å². The van der Waals surface area contributed by atoms with Crippen LogP contribution in [0.1, 0.15) is 20.0 Å². The van der Waals surface area contributed by atoms with Crippen LogP contribution in [0.25, 0.3) is 10.6 Å². The Morgan fingerprint density at radius 3 is 2.50 bits per heavy atom. The van der Waals surface area contributed by atoms with E-state index in [9.17, 15) is 9.59 Å². The zero-order valence-electron chi connectivity index (χ0n) is 8.21. The Morgan fingerprint density at radius 2 is 2.00 bits per heavy atom. The molecule has 0 bridgehead atoms. The summed E-state index contributed by atoms with van der Waals surface area (Å²) in [6.07, 6.45) is 2.29. The normalized spacial score (nSPS) is 10.0. The maximum Gasteiger partial charge on any atom is 0.248 e. The summed E-state index contributed by atoms with van der Waals surface area (Å²) in [5.41, 5.74) is 6.45. The summed E-state index contributed by atoms with van der Waals surface area (Å²) in [7, 11) is 0. The molecule has 0 fully saturated rings. The number of carbonyl (C=O) groups is 2. The monoisotopic (exact) mass is 232 g/mol. The molecule has 0 atom stereocenters. The summed E-state index contributed by atoms with van der Waals surface area (Å²) >= 11 is 1.30. The topological polar surface area (TPSA) is 73.1 Å². The van der Waals surface area contributed by atoms with Crippen molar-refractivity contribution < 1.29 is 9.59 Å². The lowest BCUT2D eigenvalue weighted by Crippen LogP contribution is -2.10. The highest BCUT2D eigenvalue weighted by Gasteiger charge is 2.05. The average Bonchev–Trinajstić information content (AvgIpc) is 2.77. The van der Waals surface area contributed by atoms with E-state index in [0.29, 0.717) is 10.4 Å². The quantitative estimate of drug-likeness (QED) is 0.819. The number of carbonyl (C=O) groups excluding carboxylic acids is 2. The molecule has 16 heavy (non-hydrogen) atoms. The Kier molecular flexibility index (Phi) is 2.78. The summed E-state index contributed by atoms with van der Waals surface area (Å²) in [6.45, 7) is 0. The molecule has 0 radical (unpaired) electrons. The van der Waals surface area contributed by atoms with Crippen molar-refractivity contribution >= 4 is 23.5 Å². The van der Waals surface area contributed by atoms with E-state index >= 15 is 0 Å². The molecule has 0 aliphatic rings. The van der Waals surface area contributed by atoms with E-state index in [1.807, 2.05) is 0 Å². The van der Waals surface area contributed by atoms with Crippen molar-refractivity contribution in [2.24, 2.45) is 5.73 Å². The van der Waals surface area contributed by atoms with E-state index in [1.165, 1.54) is 17.5 Å². The van der Waals surface area contributed by atoms with Crippen LogP contribution in [0, 0.1) is 0 Å². The van der Waals surface area contributed by atoms with Crippen LogP contribution < -0.4 is 5.73 Å². The maximum absolute atomic E-state index is 10.9. The number of nitrogens with zero attached hydrogens (tertiary/aromatic N) is 1. The lowest BCUT2D eigenvalue weighted by atomic mass is 10.1. The number of aldehydes is 1. The van der Waals surface area contributed by atoms with Crippen molar-refractivity contribution in [3.63, 3.8) is 0 Å². The van der Waals surface area contributed by atoms with Gasteiger partial charge in [-0.1, -0.05) is 12.1 Å². The molecule has 0 unspecified atom stereocenters. The van der Waals surface area contributed by atoms with E-state index in [2.05, 4.69) is 4.98 Å². The molecule has 80 valence electrons. The number of primary amides is 1. The molecule has 1 amide bonds. The second-order valence-corrected chi connectivity index (χ2v) is 4.19. The molecule has 2 rings (SSSR count). The van der Waals surface area contributed by atoms with Crippen molar-refractivity contribution in [2.75, 3.05) is 0 Å². The number of aromatic nitrogens is 1. The van der Waals surface area contributed by atoms with Crippen LogP contribution in [0.5, 0.6) is 0 Å². The Morgan fingerprint density at radius 1 is 1.31 bits per heavy atom. The largest absolute Gasteiger partial charge is 0.366 e. The van der Waals surface area contributed by atoms with Gasteiger partial charge in [-0.2, -0.15) is 0 Å². The maximum atomic E-state index is 10.9. The second kappa shape index (κ2) is 4.24. The number of nitrogens with two attached hydrogens (primary N) is 1. The highest BCUT2D eigenvalue weighted by atomic mass is 32.1. The van der Waals surface area contributed by atoms with Crippen molar-refractivity contribution in [2.45, 2.75) is 0 Å². The Bertz CT molecular complexity index is 531. The van der Waals surface area contributed by atoms with Crippen LogP contribution >= 0.6 is 11.3 Å². The first-order chi connectivity index (χ1) is 7.70. The van der Waals surface area contributed by atoms with Gasteiger partial charge in [-0.25, -0.2) is 4.98 Å². The molecule has 0 saturated carbocycles. The van der Waals surface area contributed by atoms with E-state index < -0.39 is 5.91 Å². The minimum atomic E-state index is -0.459. The first kappa shape index (κ1) is 10.5. The summed E-state index contributed by atoms with van der Waals surface area (Å²) in [4.78, 5) is 26.0. The molecule has 2 N–H and O–H groups in total. The van der Waals surface area contributed by atoms with E-state index in [0.717, 1.165) is 16.9 Å². The molecule has 1 aromatic carbocycles. The summed E-state index contributed by atoms with van der Waals surface area (Å²) < 4.78 is 0. The number of hydrogen-bond donors (Lipinski definition) is 1. The predicted octanol–water partition coefficient (Wildman–Crippen LogP) is 1.72. The highest BCUT2D eigenvalue weighted by Crippen LogP contribution is 2.24. The summed E-state index contributed by atoms with van der Waals surface area (Å²) in [6, 6.07) is 6.79. The minimum Gasteiger partial charge on any atom is -0.366 e. The van der Waals surface area contributed by atoms with Crippen LogP contribution in [0.4, 0.5) is 0 Å². The molecular formula is C11H8N2O2S. The molecule has 2 aromatic rings. The van der Waals surface area contributed by atoms with Gasteiger partial charge in [0.2, 0.25) is 5.91 Å². The van der Waals surface area contributed by atoms with Gasteiger partial charge in [0.05, 0.1) is 4.88 Å². The van der Waals surface area contributed by atoms with Crippen molar-refractivity contribution in [3.8, 4) is 10.6 Å². The fourth-order valence-corrected chi connectivity index (χ4v) is 1.99.